The fourth-order valence-electron chi connectivity index (χ4n) is 3.39. The molecule has 4 rings (SSSR count). The van der Waals surface area contributed by atoms with Crippen LogP contribution in [0, 0.1) is 11.3 Å². The number of aromatic nitrogens is 4. The first-order chi connectivity index (χ1) is 12.9. The van der Waals surface area contributed by atoms with Gasteiger partial charge in [-0.25, -0.2) is 9.97 Å². The van der Waals surface area contributed by atoms with Gasteiger partial charge < -0.3 is 14.3 Å². The van der Waals surface area contributed by atoms with Gasteiger partial charge in [0.15, 0.2) is 5.69 Å². The summed E-state index contributed by atoms with van der Waals surface area (Å²) in [7, 11) is 1.56. The van der Waals surface area contributed by atoms with E-state index in [0.717, 1.165) is 5.56 Å². The van der Waals surface area contributed by atoms with Crippen molar-refractivity contribution in [2.24, 2.45) is 0 Å². The molecular formula is C18H14F3N5O. The van der Waals surface area contributed by atoms with Gasteiger partial charge in [0.05, 0.1) is 11.5 Å². The van der Waals surface area contributed by atoms with Crippen LogP contribution in [0.25, 0.3) is 28.4 Å². The van der Waals surface area contributed by atoms with E-state index in [4.69, 9.17) is 4.74 Å². The summed E-state index contributed by atoms with van der Waals surface area (Å²) in [5.41, 5.74) is 3.14. The highest BCUT2D eigenvalue weighted by atomic mass is 19.4. The minimum atomic E-state index is -4.34. The largest absolute Gasteiger partial charge is 0.406 e. The lowest BCUT2D eigenvalue weighted by Crippen LogP contribution is -2.20. The van der Waals surface area contributed by atoms with Gasteiger partial charge in [0, 0.05) is 36.7 Å². The van der Waals surface area contributed by atoms with E-state index in [9.17, 15) is 18.4 Å². The van der Waals surface area contributed by atoms with Crippen molar-refractivity contribution in [3.63, 3.8) is 0 Å². The number of hydrogen-bond donors (Lipinski definition) is 1. The lowest BCUT2D eigenvalue weighted by atomic mass is 9.97. The minimum Gasteiger partial charge on any atom is -0.377 e. The highest BCUT2D eigenvalue weighted by Crippen LogP contribution is 2.35. The van der Waals surface area contributed by atoms with Crippen molar-refractivity contribution in [1.82, 2.24) is 19.5 Å². The molecule has 0 amide bonds. The second-order valence-corrected chi connectivity index (χ2v) is 6.27. The Hall–Kier alpha value is -3.12. The molecule has 3 aromatic rings. The molecule has 1 unspecified atom stereocenters. The maximum absolute atomic E-state index is 13.0. The molecule has 0 fully saturated rings. The second kappa shape index (κ2) is 6.25. The smallest absolute Gasteiger partial charge is 0.377 e. The maximum Gasteiger partial charge on any atom is 0.406 e. The molecule has 0 radical (unpaired) electrons. The fraction of sp³-hybridized carbons (Fsp3) is 0.278. The SMILES string of the molecule is COC1C=Cc2c(c(-c3cc4c(C#N)ncnc4[nH]3)cn2CC(F)(F)F)C1. The van der Waals surface area contributed by atoms with Gasteiger partial charge in [-0.3, -0.25) is 0 Å². The first kappa shape index (κ1) is 17.3. The van der Waals surface area contributed by atoms with E-state index in [1.807, 2.05) is 6.07 Å². The summed E-state index contributed by atoms with van der Waals surface area (Å²) >= 11 is 0. The molecule has 138 valence electrons. The number of alkyl halides is 3. The van der Waals surface area contributed by atoms with E-state index in [1.165, 1.54) is 17.1 Å². The predicted molar refractivity (Wildman–Crippen MR) is 91.6 cm³/mol. The van der Waals surface area contributed by atoms with E-state index in [2.05, 4.69) is 15.0 Å². The Balaban J connectivity index is 1.88. The van der Waals surface area contributed by atoms with Crippen LogP contribution < -0.4 is 0 Å². The number of nitrogens with one attached hydrogen (secondary N) is 1. The van der Waals surface area contributed by atoms with Crippen LogP contribution in [-0.2, 0) is 17.7 Å². The van der Waals surface area contributed by atoms with Crippen LogP contribution in [0.4, 0.5) is 13.2 Å². The van der Waals surface area contributed by atoms with E-state index < -0.39 is 12.7 Å². The van der Waals surface area contributed by atoms with E-state index >= 15 is 0 Å². The normalized spacial score (nSPS) is 16.5. The topological polar surface area (TPSA) is 79.5 Å². The highest BCUT2D eigenvalue weighted by Gasteiger charge is 2.31. The molecule has 0 aromatic carbocycles. The Labute approximate surface area is 151 Å². The lowest BCUT2D eigenvalue weighted by molar-refractivity contribution is -0.140. The van der Waals surface area contributed by atoms with Crippen molar-refractivity contribution in [3.05, 3.63) is 41.6 Å². The Morgan fingerprint density at radius 1 is 1.41 bits per heavy atom. The molecule has 0 spiro atoms. The summed E-state index contributed by atoms with van der Waals surface area (Å²) < 4.78 is 45.5. The Bertz CT molecular complexity index is 1090. The zero-order valence-corrected chi connectivity index (χ0v) is 14.2. The second-order valence-electron chi connectivity index (χ2n) is 6.27. The van der Waals surface area contributed by atoms with Crippen molar-refractivity contribution in [2.45, 2.75) is 25.2 Å². The average molecular weight is 373 g/mol. The van der Waals surface area contributed by atoms with Crippen LogP contribution in [0.3, 0.4) is 0 Å². The van der Waals surface area contributed by atoms with Crippen LogP contribution >= 0.6 is 0 Å². The number of hydrogen-bond acceptors (Lipinski definition) is 4. The maximum atomic E-state index is 13.0. The van der Waals surface area contributed by atoms with Crippen LogP contribution in [-0.4, -0.2) is 38.9 Å². The third-order valence-electron chi connectivity index (χ3n) is 4.58. The quantitative estimate of drug-likeness (QED) is 0.763. The first-order valence-corrected chi connectivity index (χ1v) is 8.13. The molecule has 6 nitrogen and oxygen atoms in total. The van der Waals surface area contributed by atoms with Gasteiger partial charge in [-0.15, -0.1) is 0 Å². The van der Waals surface area contributed by atoms with Crippen LogP contribution in [0.2, 0.25) is 0 Å². The average Bonchev–Trinajstić information content (AvgIpc) is 3.21. The first-order valence-electron chi connectivity index (χ1n) is 8.13. The van der Waals surface area contributed by atoms with Gasteiger partial charge in [0.1, 0.15) is 24.6 Å². The number of nitriles is 1. The highest BCUT2D eigenvalue weighted by molar-refractivity contribution is 5.87. The van der Waals surface area contributed by atoms with Gasteiger partial charge in [0.2, 0.25) is 0 Å². The van der Waals surface area contributed by atoms with Gasteiger partial charge in [-0.2, -0.15) is 18.4 Å². The number of aromatic amines is 1. The van der Waals surface area contributed by atoms with Crippen molar-refractivity contribution < 1.29 is 17.9 Å². The summed E-state index contributed by atoms with van der Waals surface area (Å²) in [6.07, 6.45) is 2.07. The molecule has 1 aliphatic carbocycles. The Morgan fingerprint density at radius 2 is 2.22 bits per heavy atom. The van der Waals surface area contributed by atoms with Gasteiger partial charge >= 0.3 is 6.18 Å². The van der Waals surface area contributed by atoms with Crippen molar-refractivity contribution in [1.29, 1.82) is 5.26 Å². The van der Waals surface area contributed by atoms with Crippen molar-refractivity contribution in [3.8, 4) is 17.3 Å². The predicted octanol–water partition coefficient (Wildman–Crippen LogP) is 3.44. The molecule has 9 heteroatoms. The molecule has 0 aliphatic heterocycles. The van der Waals surface area contributed by atoms with Crippen molar-refractivity contribution >= 4 is 17.1 Å². The summed E-state index contributed by atoms with van der Waals surface area (Å²) in [5.74, 6) is 0. The van der Waals surface area contributed by atoms with Gasteiger partial charge in [-0.05, 0) is 17.7 Å². The molecule has 27 heavy (non-hydrogen) atoms. The van der Waals surface area contributed by atoms with Gasteiger partial charge in [0.25, 0.3) is 0 Å². The van der Waals surface area contributed by atoms with Crippen LogP contribution in [0.1, 0.15) is 17.0 Å². The molecule has 3 aromatic heterocycles. The van der Waals surface area contributed by atoms with Crippen LogP contribution in [0.15, 0.2) is 24.7 Å². The molecule has 1 atom stereocenters. The summed E-state index contributed by atoms with van der Waals surface area (Å²) in [5, 5.41) is 9.73. The number of H-pyrrole nitrogens is 1. The van der Waals surface area contributed by atoms with Gasteiger partial charge in [-0.1, -0.05) is 6.08 Å². The molecule has 1 aliphatic rings. The molecule has 0 bridgehead atoms. The number of ether oxygens (including phenoxy) is 1. The summed E-state index contributed by atoms with van der Waals surface area (Å²) in [4.78, 5) is 11.1. The zero-order chi connectivity index (χ0) is 19.2. The number of rotatable bonds is 3. The fourth-order valence-corrected chi connectivity index (χ4v) is 3.39. The van der Waals surface area contributed by atoms with E-state index in [0.29, 0.717) is 34.4 Å². The zero-order valence-electron chi connectivity index (χ0n) is 14.2. The van der Waals surface area contributed by atoms with E-state index in [-0.39, 0.29) is 11.8 Å². The van der Waals surface area contributed by atoms with Crippen LogP contribution in [0.5, 0.6) is 0 Å². The summed E-state index contributed by atoms with van der Waals surface area (Å²) in [6.45, 7) is -1.08. The van der Waals surface area contributed by atoms with E-state index in [1.54, 1.807) is 25.3 Å². The minimum absolute atomic E-state index is 0.209. The standard InChI is InChI=1S/C18H14F3N5O/c1-27-10-2-3-16-11(4-10)13(7-26(16)8-18(19,20)21)14-5-12-15(6-22)23-9-24-17(12)25-14/h2-3,5,7,9-10H,4,8H2,1H3,(H,23,24,25). The molecule has 1 N–H and O–H groups in total. The number of methoxy groups -OCH3 is 1. The number of nitrogens with zero attached hydrogens (tertiary/aromatic N) is 4. The van der Waals surface area contributed by atoms with Crippen molar-refractivity contribution in [2.75, 3.05) is 7.11 Å². The Morgan fingerprint density at radius 3 is 2.93 bits per heavy atom. The lowest BCUT2D eigenvalue weighted by Gasteiger charge is -2.18. The Kier molecular flexibility index (Phi) is 4.00. The third-order valence-corrected chi connectivity index (χ3v) is 4.58. The number of halogens is 3. The molecule has 3 heterocycles. The number of fused-ring (bicyclic) bond motifs is 2. The monoisotopic (exact) mass is 373 g/mol. The summed E-state index contributed by atoms with van der Waals surface area (Å²) in [6, 6.07) is 3.69. The third kappa shape index (κ3) is 3.08. The molecule has 0 saturated heterocycles. The molecular weight excluding hydrogens is 359 g/mol. The molecule has 0 saturated carbocycles.